The van der Waals surface area contributed by atoms with Gasteiger partial charge in [0, 0.05) is 23.6 Å². The molecule has 1 fully saturated rings. The number of aromatic nitrogens is 1. The first-order valence-corrected chi connectivity index (χ1v) is 7.70. The van der Waals surface area contributed by atoms with E-state index in [0.29, 0.717) is 12.2 Å². The molecule has 1 aliphatic rings. The molecule has 1 aliphatic heterocycles. The molecular weight excluding hydrogens is 248 g/mol. The number of fused-ring (bicyclic) bond motifs is 1. The standard InChI is InChI=1S/C17H24N2O/c1-13-8-9-15(20-13)12-19-11-14(5-4-10-18)16-6-2-3-7-17(16)19/h2-3,6-7,11,13,15H,4-5,8-10,12,18H2,1H3. The molecule has 0 aliphatic carbocycles. The first kappa shape index (κ1) is 13.7. The normalized spacial score (nSPS) is 22.7. The molecule has 0 amide bonds. The Bertz CT molecular complexity index is 575. The Labute approximate surface area is 120 Å². The van der Waals surface area contributed by atoms with E-state index in [4.69, 9.17) is 10.5 Å². The predicted molar refractivity (Wildman–Crippen MR) is 82.9 cm³/mol. The van der Waals surface area contributed by atoms with E-state index in [-0.39, 0.29) is 0 Å². The van der Waals surface area contributed by atoms with E-state index < -0.39 is 0 Å². The fraction of sp³-hybridized carbons (Fsp3) is 0.529. The minimum absolute atomic E-state index is 0.364. The van der Waals surface area contributed by atoms with Gasteiger partial charge in [0.25, 0.3) is 0 Å². The molecular formula is C17H24N2O. The van der Waals surface area contributed by atoms with E-state index in [1.807, 2.05) is 0 Å². The van der Waals surface area contributed by atoms with Crippen LogP contribution in [0.3, 0.4) is 0 Å². The molecule has 1 aromatic carbocycles. The number of ether oxygens (including phenoxy) is 1. The van der Waals surface area contributed by atoms with E-state index in [1.54, 1.807) is 0 Å². The highest BCUT2D eigenvalue weighted by molar-refractivity contribution is 5.84. The Balaban J connectivity index is 1.86. The number of nitrogens with zero attached hydrogens (tertiary/aromatic N) is 1. The van der Waals surface area contributed by atoms with Crippen LogP contribution in [0, 0.1) is 0 Å². The van der Waals surface area contributed by atoms with Gasteiger partial charge in [-0.05, 0) is 50.8 Å². The van der Waals surface area contributed by atoms with Gasteiger partial charge >= 0.3 is 0 Å². The second-order valence-electron chi connectivity index (χ2n) is 5.86. The smallest absolute Gasteiger partial charge is 0.0758 e. The highest BCUT2D eigenvalue weighted by Crippen LogP contribution is 2.26. The molecule has 2 atom stereocenters. The summed E-state index contributed by atoms with van der Waals surface area (Å²) in [5.74, 6) is 0. The van der Waals surface area contributed by atoms with Crippen LogP contribution in [0.2, 0.25) is 0 Å². The van der Waals surface area contributed by atoms with Crippen molar-refractivity contribution in [3.63, 3.8) is 0 Å². The third-order valence-corrected chi connectivity index (χ3v) is 4.24. The van der Waals surface area contributed by atoms with Crippen LogP contribution in [0.15, 0.2) is 30.5 Å². The molecule has 0 saturated carbocycles. The highest BCUT2D eigenvalue weighted by Gasteiger charge is 2.22. The van der Waals surface area contributed by atoms with Crippen molar-refractivity contribution < 1.29 is 4.74 Å². The van der Waals surface area contributed by atoms with Crippen LogP contribution >= 0.6 is 0 Å². The summed E-state index contributed by atoms with van der Waals surface area (Å²) in [4.78, 5) is 0. The number of para-hydroxylation sites is 1. The Hall–Kier alpha value is -1.32. The van der Waals surface area contributed by atoms with Crippen LogP contribution in [-0.4, -0.2) is 23.3 Å². The van der Waals surface area contributed by atoms with Crippen LogP contribution in [0.25, 0.3) is 10.9 Å². The fourth-order valence-corrected chi connectivity index (χ4v) is 3.20. The molecule has 1 saturated heterocycles. The third-order valence-electron chi connectivity index (χ3n) is 4.24. The summed E-state index contributed by atoms with van der Waals surface area (Å²) in [7, 11) is 0. The average molecular weight is 272 g/mol. The first-order chi connectivity index (χ1) is 9.78. The summed E-state index contributed by atoms with van der Waals surface area (Å²) >= 11 is 0. The van der Waals surface area contributed by atoms with Crippen molar-refractivity contribution >= 4 is 10.9 Å². The highest BCUT2D eigenvalue weighted by atomic mass is 16.5. The molecule has 2 aromatic rings. The van der Waals surface area contributed by atoms with Crippen LogP contribution in [0.1, 0.15) is 31.7 Å². The molecule has 0 bridgehead atoms. The van der Waals surface area contributed by atoms with Crippen LogP contribution < -0.4 is 5.73 Å². The minimum Gasteiger partial charge on any atom is -0.373 e. The third kappa shape index (κ3) is 2.74. The number of rotatable bonds is 5. The quantitative estimate of drug-likeness (QED) is 0.908. The number of hydrogen-bond acceptors (Lipinski definition) is 2. The maximum absolute atomic E-state index is 5.96. The van der Waals surface area contributed by atoms with Gasteiger partial charge in [-0.3, -0.25) is 0 Å². The van der Waals surface area contributed by atoms with Crippen molar-refractivity contribution in [2.75, 3.05) is 6.54 Å². The molecule has 3 heteroatoms. The summed E-state index contributed by atoms with van der Waals surface area (Å²) < 4.78 is 8.33. The van der Waals surface area contributed by atoms with Gasteiger partial charge in [-0.15, -0.1) is 0 Å². The molecule has 2 unspecified atom stereocenters. The van der Waals surface area contributed by atoms with Gasteiger partial charge in [0.05, 0.1) is 12.2 Å². The largest absolute Gasteiger partial charge is 0.373 e. The summed E-state index contributed by atoms with van der Waals surface area (Å²) in [5.41, 5.74) is 8.38. The maximum atomic E-state index is 5.96. The van der Waals surface area contributed by atoms with Gasteiger partial charge in [0.15, 0.2) is 0 Å². The zero-order valence-corrected chi connectivity index (χ0v) is 12.2. The lowest BCUT2D eigenvalue weighted by molar-refractivity contribution is 0.0465. The van der Waals surface area contributed by atoms with E-state index in [2.05, 4.69) is 42.0 Å². The summed E-state index contributed by atoms with van der Waals surface area (Å²) in [6, 6.07) is 8.66. The summed E-state index contributed by atoms with van der Waals surface area (Å²) in [5, 5.41) is 1.37. The number of nitrogens with two attached hydrogens (primary N) is 1. The minimum atomic E-state index is 0.364. The number of aryl methyl sites for hydroxylation is 1. The van der Waals surface area contributed by atoms with E-state index >= 15 is 0 Å². The SMILES string of the molecule is CC1CCC(Cn2cc(CCCN)c3ccccc32)O1. The van der Waals surface area contributed by atoms with Crippen LogP contribution in [0.5, 0.6) is 0 Å². The fourth-order valence-electron chi connectivity index (χ4n) is 3.20. The molecule has 108 valence electrons. The molecule has 0 spiro atoms. The lowest BCUT2D eigenvalue weighted by Gasteiger charge is -2.13. The van der Waals surface area contributed by atoms with Crippen LogP contribution in [0.4, 0.5) is 0 Å². The number of benzene rings is 1. The van der Waals surface area contributed by atoms with Gasteiger partial charge < -0.3 is 15.0 Å². The molecule has 3 nitrogen and oxygen atoms in total. The van der Waals surface area contributed by atoms with Crippen molar-refractivity contribution in [1.29, 1.82) is 0 Å². The van der Waals surface area contributed by atoms with E-state index in [9.17, 15) is 0 Å². The van der Waals surface area contributed by atoms with Gasteiger partial charge in [0.2, 0.25) is 0 Å². The Morgan fingerprint density at radius 3 is 2.90 bits per heavy atom. The zero-order valence-electron chi connectivity index (χ0n) is 12.2. The van der Waals surface area contributed by atoms with Gasteiger partial charge in [-0.25, -0.2) is 0 Å². The molecule has 2 N–H and O–H groups in total. The van der Waals surface area contributed by atoms with Crippen molar-refractivity contribution in [2.24, 2.45) is 5.73 Å². The second kappa shape index (κ2) is 5.98. The molecule has 20 heavy (non-hydrogen) atoms. The second-order valence-corrected chi connectivity index (χ2v) is 5.86. The Kier molecular flexibility index (Phi) is 4.08. The van der Waals surface area contributed by atoms with Crippen molar-refractivity contribution in [2.45, 2.75) is 51.4 Å². The average Bonchev–Trinajstić information content (AvgIpc) is 3.02. The summed E-state index contributed by atoms with van der Waals surface area (Å²) in [6.45, 7) is 3.89. The monoisotopic (exact) mass is 272 g/mol. The van der Waals surface area contributed by atoms with Crippen molar-refractivity contribution in [3.05, 3.63) is 36.0 Å². The van der Waals surface area contributed by atoms with Crippen LogP contribution in [-0.2, 0) is 17.7 Å². The maximum Gasteiger partial charge on any atom is 0.0758 e. The lowest BCUT2D eigenvalue weighted by Crippen LogP contribution is -2.15. The number of hydrogen-bond donors (Lipinski definition) is 1. The molecule has 1 aromatic heterocycles. The van der Waals surface area contributed by atoms with E-state index in [1.165, 1.54) is 29.3 Å². The van der Waals surface area contributed by atoms with Crippen molar-refractivity contribution in [3.8, 4) is 0 Å². The molecule has 2 heterocycles. The molecule has 3 rings (SSSR count). The first-order valence-electron chi connectivity index (χ1n) is 7.70. The predicted octanol–water partition coefficient (Wildman–Crippen LogP) is 3.10. The summed E-state index contributed by atoms with van der Waals surface area (Å²) in [6.07, 6.45) is 7.54. The van der Waals surface area contributed by atoms with E-state index in [0.717, 1.165) is 25.9 Å². The lowest BCUT2D eigenvalue weighted by atomic mass is 10.1. The van der Waals surface area contributed by atoms with Gasteiger partial charge in [-0.2, -0.15) is 0 Å². The Morgan fingerprint density at radius 1 is 1.30 bits per heavy atom. The topological polar surface area (TPSA) is 40.2 Å². The van der Waals surface area contributed by atoms with Gasteiger partial charge in [0.1, 0.15) is 0 Å². The van der Waals surface area contributed by atoms with Crippen molar-refractivity contribution in [1.82, 2.24) is 4.57 Å². The Morgan fingerprint density at radius 2 is 2.15 bits per heavy atom. The molecule has 0 radical (unpaired) electrons. The zero-order chi connectivity index (χ0) is 13.9. The van der Waals surface area contributed by atoms with Gasteiger partial charge in [-0.1, -0.05) is 18.2 Å².